The molecule has 0 amide bonds. The summed E-state index contributed by atoms with van der Waals surface area (Å²) in [5.74, 6) is 7.38. The first kappa shape index (κ1) is 14.0. The van der Waals surface area contributed by atoms with E-state index in [4.69, 9.17) is 17.4 Å². The van der Waals surface area contributed by atoms with Crippen molar-refractivity contribution in [1.29, 1.82) is 0 Å². The summed E-state index contributed by atoms with van der Waals surface area (Å²) < 4.78 is 13.3. The largest absolute Gasteiger partial charge is 0.339 e. The van der Waals surface area contributed by atoms with Crippen LogP contribution in [0.2, 0.25) is 5.02 Å². The molecule has 1 aliphatic rings. The Bertz CT molecular complexity index is 687. The van der Waals surface area contributed by atoms with Crippen LogP contribution in [0, 0.1) is 12.7 Å². The molecule has 5 nitrogen and oxygen atoms in total. The lowest BCUT2D eigenvalue weighted by molar-refractivity contribution is 0.628. The van der Waals surface area contributed by atoms with Crippen molar-refractivity contribution < 1.29 is 4.39 Å². The van der Waals surface area contributed by atoms with Gasteiger partial charge in [0.25, 0.3) is 0 Å². The molecule has 0 atom stereocenters. The Balaban J connectivity index is 2.00. The molecule has 1 aromatic heterocycles. The van der Waals surface area contributed by atoms with Gasteiger partial charge in [-0.2, -0.15) is 0 Å². The van der Waals surface area contributed by atoms with Crippen molar-refractivity contribution in [1.82, 2.24) is 9.97 Å². The Morgan fingerprint density at radius 1 is 1.29 bits per heavy atom. The van der Waals surface area contributed by atoms with Crippen LogP contribution in [0.15, 0.2) is 18.2 Å². The van der Waals surface area contributed by atoms with Gasteiger partial charge in [-0.05, 0) is 38.0 Å². The van der Waals surface area contributed by atoms with E-state index < -0.39 is 0 Å². The standard InChI is InChI=1S/C14H15ClFN5/c1-7-12(18-11-6-9(16)4-5-10(11)15)19-14(8-2-3-8)20-13(7)21-17/h4-6,8H,2-3,17H2,1H3,(H2,18,19,20,21). The highest BCUT2D eigenvalue weighted by atomic mass is 35.5. The van der Waals surface area contributed by atoms with Crippen molar-refractivity contribution in [3.8, 4) is 0 Å². The maximum atomic E-state index is 13.3. The molecule has 2 aromatic rings. The van der Waals surface area contributed by atoms with Gasteiger partial charge in [-0.3, -0.25) is 0 Å². The lowest BCUT2D eigenvalue weighted by Gasteiger charge is -2.14. The second-order valence-electron chi connectivity index (χ2n) is 5.07. The van der Waals surface area contributed by atoms with Crippen molar-refractivity contribution in [2.45, 2.75) is 25.7 Å². The quantitative estimate of drug-likeness (QED) is 0.595. The average molecular weight is 308 g/mol. The van der Waals surface area contributed by atoms with Gasteiger partial charge in [0.2, 0.25) is 0 Å². The van der Waals surface area contributed by atoms with Gasteiger partial charge in [0.05, 0.1) is 10.7 Å². The van der Waals surface area contributed by atoms with Crippen LogP contribution in [0.1, 0.15) is 30.1 Å². The highest BCUT2D eigenvalue weighted by molar-refractivity contribution is 6.33. The summed E-state index contributed by atoms with van der Waals surface area (Å²) in [6.45, 7) is 1.83. The van der Waals surface area contributed by atoms with E-state index >= 15 is 0 Å². The predicted molar refractivity (Wildman–Crippen MR) is 81.2 cm³/mol. The Morgan fingerprint density at radius 2 is 2.00 bits per heavy atom. The Hall–Kier alpha value is -1.92. The van der Waals surface area contributed by atoms with Crippen LogP contribution in [0.5, 0.6) is 0 Å². The number of anilines is 3. The molecule has 21 heavy (non-hydrogen) atoms. The number of aromatic nitrogens is 2. The molecule has 0 bridgehead atoms. The molecule has 1 saturated carbocycles. The first-order valence-electron chi connectivity index (χ1n) is 6.65. The fourth-order valence-corrected chi connectivity index (χ4v) is 2.21. The van der Waals surface area contributed by atoms with Crippen molar-refractivity contribution in [2.24, 2.45) is 5.84 Å². The topological polar surface area (TPSA) is 75.9 Å². The number of halogens is 2. The number of hydrogen-bond donors (Lipinski definition) is 3. The molecule has 1 aromatic carbocycles. The molecule has 1 heterocycles. The van der Waals surface area contributed by atoms with E-state index in [9.17, 15) is 4.39 Å². The highest BCUT2D eigenvalue weighted by Gasteiger charge is 2.28. The van der Waals surface area contributed by atoms with E-state index in [1.165, 1.54) is 18.2 Å². The number of hydrogen-bond acceptors (Lipinski definition) is 5. The fourth-order valence-electron chi connectivity index (χ4n) is 2.04. The maximum absolute atomic E-state index is 13.3. The number of nitrogen functional groups attached to an aromatic ring is 1. The van der Waals surface area contributed by atoms with Crippen molar-refractivity contribution in [3.63, 3.8) is 0 Å². The van der Waals surface area contributed by atoms with Gasteiger partial charge in [0.15, 0.2) is 0 Å². The third-order valence-corrected chi connectivity index (χ3v) is 3.75. The summed E-state index contributed by atoms with van der Waals surface area (Å²) in [6, 6.07) is 4.14. The molecule has 0 radical (unpaired) electrons. The molecule has 0 aliphatic heterocycles. The molecule has 1 fully saturated rings. The molecule has 0 spiro atoms. The van der Waals surface area contributed by atoms with Crippen molar-refractivity contribution >= 4 is 28.9 Å². The van der Waals surface area contributed by atoms with Crippen LogP contribution in [-0.4, -0.2) is 9.97 Å². The minimum Gasteiger partial charge on any atom is -0.339 e. The first-order chi connectivity index (χ1) is 10.1. The van der Waals surface area contributed by atoms with Gasteiger partial charge in [0.1, 0.15) is 23.3 Å². The summed E-state index contributed by atoms with van der Waals surface area (Å²) in [6.07, 6.45) is 2.15. The zero-order valence-electron chi connectivity index (χ0n) is 11.5. The van der Waals surface area contributed by atoms with E-state index in [0.717, 1.165) is 24.2 Å². The molecule has 0 unspecified atom stereocenters. The number of nitrogens with two attached hydrogens (primary N) is 1. The minimum atomic E-state index is -0.367. The van der Waals surface area contributed by atoms with Gasteiger partial charge < -0.3 is 10.7 Å². The molecule has 1 aliphatic carbocycles. The van der Waals surface area contributed by atoms with E-state index in [1.807, 2.05) is 6.92 Å². The lowest BCUT2D eigenvalue weighted by atomic mass is 10.2. The molecular weight excluding hydrogens is 293 g/mol. The minimum absolute atomic E-state index is 0.367. The van der Waals surface area contributed by atoms with Crippen LogP contribution in [0.3, 0.4) is 0 Å². The summed E-state index contributed by atoms with van der Waals surface area (Å²) in [7, 11) is 0. The number of nitrogens with zero attached hydrogens (tertiary/aromatic N) is 2. The van der Waals surface area contributed by atoms with Gasteiger partial charge in [-0.1, -0.05) is 11.6 Å². The SMILES string of the molecule is Cc1c(NN)nc(C2CC2)nc1Nc1cc(F)ccc1Cl. The zero-order valence-corrected chi connectivity index (χ0v) is 12.2. The third kappa shape index (κ3) is 2.91. The number of benzene rings is 1. The van der Waals surface area contributed by atoms with Crippen LogP contribution in [-0.2, 0) is 0 Å². The van der Waals surface area contributed by atoms with Crippen molar-refractivity contribution in [3.05, 3.63) is 40.4 Å². The van der Waals surface area contributed by atoms with Crippen molar-refractivity contribution in [2.75, 3.05) is 10.7 Å². The second kappa shape index (κ2) is 5.46. The first-order valence-corrected chi connectivity index (χ1v) is 7.03. The zero-order chi connectivity index (χ0) is 15.0. The number of hydrazine groups is 1. The third-order valence-electron chi connectivity index (χ3n) is 3.42. The summed E-state index contributed by atoms with van der Waals surface area (Å²) in [5.41, 5.74) is 3.79. The van der Waals surface area contributed by atoms with E-state index in [2.05, 4.69) is 20.7 Å². The molecule has 3 rings (SSSR count). The van der Waals surface area contributed by atoms with Crippen LogP contribution in [0.4, 0.5) is 21.7 Å². The van der Waals surface area contributed by atoms with Crippen LogP contribution >= 0.6 is 11.6 Å². The van der Waals surface area contributed by atoms with E-state index in [0.29, 0.717) is 28.3 Å². The molecular formula is C14H15ClFN5. The fraction of sp³-hybridized carbons (Fsp3) is 0.286. The molecule has 4 N–H and O–H groups in total. The highest BCUT2D eigenvalue weighted by Crippen LogP contribution is 2.40. The molecule has 7 heteroatoms. The normalized spacial score (nSPS) is 14.1. The monoisotopic (exact) mass is 307 g/mol. The summed E-state index contributed by atoms with van der Waals surface area (Å²) >= 11 is 6.07. The van der Waals surface area contributed by atoms with E-state index in [-0.39, 0.29) is 5.82 Å². The summed E-state index contributed by atoms with van der Waals surface area (Å²) in [5, 5.41) is 3.48. The van der Waals surface area contributed by atoms with Gasteiger partial charge in [0, 0.05) is 11.5 Å². The molecule has 0 saturated heterocycles. The van der Waals surface area contributed by atoms with Gasteiger partial charge in [-0.25, -0.2) is 20.2 Å². The number of nitrogens with one attached hydrogen (secondary N) is 2. The molecule has 110 valence electrons. The van der Waals surface area contributed by atoms with E-state index in [1.54, 1.807) is 0 Å². The lowest BCUT2D eigenvalue weighted by Crippen LogP contribution is -2.14. The predicted octanol–water partition coefficient (Wildman–Crippen LogP) is 3.48. The number of rotatable bonds is 4. The summed E-state index contributed by atoms with van der Waals surface area (Å²) in [4.78, 5) is 8.91. The smallest absolute Gasteiger partial charge is 0.148 e. The van der Waals surface area contributed by atoms with Crippen LogP contribution in [0.25, 0.3) is 0 Å². The maximum Gasteiger partial charge on any atom is 0.148 e. The Morgan fingerprint density at radius 3 is 2.67 bits per heavy atom. The average Bonchev–Trinajstić information content (AvgIpc) is 3.29. The van der Waals surface area contributed by atoms with Crippen LogP contribution < -0.4 is 16.6 Å². The van der Waals surface area contributed by atoms with Gasteiger partial charge >= 0.3 is 0 Å². The Labute approximate surface area is 126 Å². The second-order valence-corrected chi connectivity index (χ2v) is 5.48. The van der Waals surface area contributed by atoms with Gasteiger partial charge in [-0.15, -0.1) is 0 Å². The Kier molecular flexibility index (Phi) is 3.65.